The Kier molecular flexibility index (Phi) is 4.80. The van der Waals surface area contributed by atoms with Crippen molar-refractivity contribution in [3.63, 3.8) is 0 Å². The van der Waals surface area contributed by atoms with Gasteiger partial charge >= 0.3 is 0 Å². The number of carbonyl (C=O) groups is 1. The quantitative estimate of drug-likeness (QED) is 0.707. The van der Waals surface area contributed by atoms with Gasteiger partial charge in [0.15, 0.2) is 0 Å². The number of aryl methyl sites for hydroxylation is 3. The minimum atomic E-state index is -0.174. The van der Waals surface area contributed by atoms with E-state index in [-0.39, 0.29) is 5.91 Å². The lowest BCUT2D eigenvalue weighted by atomic mass is 10.1. The lowest BCUT2D eigenvalue weighted by molar-refractivity contribution is 0.102. The third kappa shape index (κ3) is 4.23. The van der Waals surface area contributed by atoms with Crippen molar-refractivity contribution < 1.29 is 4.79 Å². The minimum Gasteiger partial charge on any atom is -0.354 e. The maximum Gasteiger partial charge on any atom is 0.257 e. The van der Waals surface area contributed by atoms with Gasteiger partial charge in [0.05, 0.1) is 17.4 Å². The van der Waals surface area contributed by atoms with Crippen LogP contribution in [0.5, 0.6) is 0 Å². The van der Waals surface area contributed by atoms with Crippen LogP contribution in [0.1, 0.15) is 27.0 Å². The third-order valence-corrected chi connectivity index (χ3v) is 3.97. The zero-order valence-electron chi connectivity index (χ0n) is 14.6. The number of hydrogen-bond acceptors (Lipinski definition) is 3. The van der Waals surface area contributed by atoms with Gasteiger partial charge in [-0.15, -0.1) is 0 Å². The third-order valence-electron chi connectivity index (χ3n) is 3.97. The number of aromatic nitrogens is 1. The summed E-state index contributed by atoms with van der Waals surface area (Å²) in [4.78, 5) is 16.7. The number of hydrogen-bond donors (Lipinski definition) is 2. The Balaban J connectivity index is 1.76. The molecule has 4 nitrogen and oxygen atoms in total. The summed E-state index contributed by atoms with van der Waals surface area (Å²) in [5.41, 5.74) is 6.46. The highest BCUT2D eigenvalue weighted by molar-refractivity contribution is 6.05. The van der Waals surface area contributed by atoms with Crippen LogP contribution in [0.15, 0.2) is 60.9 Å². The SMILES string of the molecule is Cc1ccc(Nc2cncc(C(=O)Nc3ccc(C)cc3C)c2)cc1. The molecule has 0 aliphatic carbocycles. The Bertz CT molecular complexity index is 901. The summed E-state index contributed by atoms with van der Waals surface area (Å²) in [5.74, 6) is -0.174. The zero-order chi connectivity index (χ0) is 17.8. The first-order chi connectivity index (χ1) is 12.0. The molecule has 0 aliphatic rings. The topological polar surface area (TPSA) is 54.0 Å². The molecule has 2 N–H and O–H groups in total. The van der Waals surface area contributed by atoms with Crippen LogP contribution in [0.25, 0.3) is 0 Å². The average Bonchev–Trinajstić information content (AvgIpc) is 2.60. The molecule has 0 unspecified atom stereocenters. The second-order valence-electron chi connectivity index (χ2n) is 6.23. The van der Waals surface area contributed by atoms with Crippen LogP contribution in [-0.4, -0.2) is 10.9 Å². The number of anilines is 3. The molecule has 0 spiro atoms. The predicted octanol–water partition coefficient (Wildman–Crippen LogP) is 5.00. The van der Waals surface area contributed by atoms with Gasteiger partial charge in [-0.25, -0.2) is 0 Å². The fourth-order valence-electron chi connectivity index (χ4n) is 2.58. The van der Waals surface area contributed by atoms with Gasteiger partial charge in [0.1, 0.15) is 0 Å². The second kappa shape index (κ2) is 7.18. The number of rotatable bonds is 4. The number of benzene rings is 2. The molecule has 25 heavy (non-hydrogen) atoms. The Morgan fingerprint density at radius 1 is 0.840 bits per heavy atom. The Morgan fingerprint density at radius 2 is 1.56 bits per heavy atom. The van der Waals surface area contributed by atoms with E-state index in [9.17, 15) is 4.79 Å². The molecule has 1 heterocycles. The van der Waals surface area contributed by atoms with Gasteiger partial charge in [-0.05, 0) is 50.6 Å². The molecule has 0 fully saturated rings. The normalized spacial score (nSPS) is 10.4. The number of carbonyl (C=O) groups excluding carboxylic acids is 1. The zero-order valence-corrected chi connectivity index (χ0v) is 14.6. The summed E-state index contributed by atoms with van der Waals surface area (Å²) < 4.78 is 0. The predicted molar refractivity (Wildman–Crippen MR) is 103 cm³/mol. The number of nitrogens with one attached hydrogen (secondary N) is 2. The van der Waals surface area contributed by atoms with Gasteiger partial charge in [-0.1, -0.05) is 35.4 Å². The molecule has 0 saturated carbocycles. The van der Waals surface area contributed by atoms with Crippen molar-refractivity contribution >= 4 is 23.0 Å². The number of nitrogens with zero attached hydrogens (tertiary/aromatic N) is 1. The van der Waals surface area contributed by atoms with Crippen molar-refractivity contribution in [3.05, 3.63) is 83.2 Å². The fraction of sp³-hybridized carbons (Fsp3) is 0.143. The maximum atomic E-state index is 12.5. The van der Waals surface area contributed by atoms with Gasteiger partial charge in [-0.3, -0.25) is 9.78 Å². The van der Waals surface area contributed by atoms with E-state index in [1.807, 2.05) is 63.2 Å². The van der Waals surface area contributed by atoms with E-state index in [1.165, 1.54) is 11.1 Å². The van der Waals surface area contributed by atoms with E-state index in [4.69, 9.17) is 0 Å². The molecule has 1 aromatic heterocycles. The molecule has 0 bridgehead atoms. The van der Waals surface area contributed by atoms with E-state index in [0.29, 0.717) is 5.56 Å². The van der Waals surface area contributed by atoms with E-state index in [1.54, 1.807) is 18.5 Å². The van der Waals surface area contributed by atoms with Crippen LogP contribution in [-0.2, 0) is 0 Å². The van der Waals surface area contributed by atoms with Crippen molar-refractivity contribution in [3.8, 4) is 0 Å². The van der Waals surface area contributed by atoms with Crippen LogP contribution < -0.4 is 10.6 Å². The summed E-state index contributed by atoms with van der Waals surface area (Å²) >= 11 is 0. The Labute approximate surface area is 147 Å². The average molecular weight is 331 g/mol. The monoisotopic (exact) mass is 331 g/mol. The molecule has 0 radical (unpaired) electrons. The molecule has 2 aromatic carbocycles. The van der Waals surface area contributed by atoms with Gasteiger partial charge in [-0.2, -0.15) is 0 Å². The molecule has 0 atom stereocenters. The van der Waals surface area contributed by atoms with Crippen molar-refractivity contribution in [2.75, 3.05) is 10.6 Å². The van der Waals surface area contributed by atoms with Gasteiger partial charge < -0.3 is 10.6 Å². The molecule has 0 saturated heterocycles. The Morgan fingerprint density at radius 3 is 2.28 bits per heavy atom. The largest absolute Gasteiger partial charge is 0.354 e. The molecule has 4 heteroatoms. The van der Waals surface area contributed by atoms with Crippen molar-refractivity contribution in [1.82, 2.24) is 4.98 Å². The van der Waals surface area contributed by atoms with Crippen LogP contribution in [0, 0.1) is 20.8 Å². The maximum absolute atomic E-state index is 12.5. The lowest BCUT2D eigenvalue weighted by Crippen LogP contribution is -2.13. The highest BCUT2D eigenvalue weighted by Crippen LogP contribution is 2.20. The van der Waals surface area contributed by atoms with Crippen molar-refractivity contribution in [2.45, 2.75) is 20.8 Å². The van der Waals surface area contributed by atoms with Gasteiger partial charge in [0.2, 0.25) is 0 Å². The lowest BCUT2D eigenvalue weighted by Gasteiger charge is -2.11. The standard InChI is InChI=1S/C21H21N3O/c1-14-4-7-18(8-5-14)23-19-11-17(12-22-13-19)21(25)24-20-9-6-15(2)10-16(20)3/h4-13,23H,1-3H3,(H,24,25). The van der Waals surface area contributed by atoms with Crippen LogP contribution in [0.3, 0.4) is 0 Å². The van der Waals surface area contributed by atoms with Gasteiger partial charge in [0, 0.05) is 17.6 Å². The first kappa shape index (κ1) is 16.7. The minimum absolute atomic E-state index is 0.174. The smallest absolute Gasteiger partial charge is 0.257 e. The molecule has 1 amide bonds. The van der Waals surface area contributed by atoms with Gasteiger partial charge in [0.25, 0.3) is 5.91 Å². The van der Waals surface area contributed by atoms with Crippen LogP contribution >= 0.6 is 0 Å². The van der Waals surface area contributed by atoms with E-state index >= 15 is 0 Å². The molecule has 3 aromatic rings. The van der Waals surface area contributed by atoms with Crippen molar-refractivity contribution in [2.24, 2.45) is 0 Å². The van der Waals surface area contributed by atoms with E-state index < -0.39 is 0 Å². The van der Waals surface area contributed by atoms with Crippen LogP contribution in [0.4, 0.5) is 17.1 Å². The first-order valence-corrected chi connectivity index (χ1v) is 8.18. The van der Waals surface area contributed by atoms with E-state index in [2.05, 4.69) is 15.6 Å². The molecule has 126 valence electrons. The number of amides is 1. The first-order valence-electron chi connectivity index (χ1n) is 8.18. The summed E-state index contributed by atoms with van der Waals surface area (Å²) in [6.07, 6.45) is 3.27. The summed E-state index contributed by atoms with van der Waals surface area (Å²) in [6, 6.07) is 15.8. The molecular weight excluding hydrogens is 310 g/mol. The molecular formula is C21H21N3O. The summed E-state index contributed by atoms with van der Waals surface area (Å²) in [6.45, 7) is 6.06. The highest BCUT2D eigenvalue weighted by Gasteiger charge is 2.09. The van der Waals surface area contributed by atoms with Crippen molar-refractivity contribution in [1.29, 1.82) is 0 Å². The fourth-order valence-corrected chi connectivity index (χ4v) is 2.58. The Hall–Kier alpha value is -3.14. The highest BCUT2D eigenvalue weighted by atomic mass is 16.1. The second-order valence-corrected chi connectivity index (χ2v) is 6.23. The molecule has 3 rings (SSSR count). The summed E-state index contributed by atoms with van der Waals surface area (Å²) in [5, 5.41) is 6.21. The number of pyridine rings is 1. The summed E-state index contributed by atoms with van der Waals surface area (Å²) in [7, 11) is 0. The van der Waals surface area contributed by atoms with E-state index in [0.717, 1.165) is 22.6 Å². The molecule has 0 aliphatic heterocycles. The van der Waals surface area contributed by atoms with Crippen LogP contribution in [0.2, 0.25) is 0 Å².